The summed E-state index contributed by atoms with van der Waals surface area (Å²) in [4.78, 5) is 20.6. The van der Waals surface area contributed by atoms with E-state index in [4.69, 9.17) is 4.52 Å². The van der Waals surface area contributed by atoms with E-state index >= 15 is 0 Å². The van der Waals surface area contributed by atoms with Gasteiger partial charge in [0, 0.05) is 49.6 Å². The molecule has 1 aliphatic heterocycles. The molecule has 30 heavy (non-hydrogen) atoms. The first-order valence-electron chi connectivity index (χ1n) is 9.57. The van der Waals surface area contributed by atoms with E-state index in [1.54, 1.807) is 23.2 Å². The zero-order valence-electron chi connectivity index (χ0n) is 16.7. The van der Waals surface area contributed by atoms with Gasteiger partial charge in [-0.05, 0) is 43.7 Å². The lowest BCUT2D eigenvalue weighted by atomic mass is 10.1. The van der Waals surface area contributed by atoms with Gasteiger partial charge in [-0.25, -0.2) is 18.6 Å². The predicted molar refractivity (Wildman–Crippen MR) is 108 cm³/mol. The Morgan fingerprint density at radius 1 is 1.10 bits per heavy atom. The number of nitrogens with zero attached hydrogens (tertiary/aromatic N) is 4. The van der Waals surface area contributed by atoms with Crippen molar-refractivity contribution in [3.8, 4) is 11.1 Å². The predicted octanol–water partition coefficient (Wildman–Crippen LogP) is 3.99. The second kappa shape index (κ2) is 8.10. The van der Waals surface area contributed by atoms with Crippen LogP contribution in [0.3, 0.4) is 0 Å². The third kappa shape index (κ3) is 3.96. The van der Waals surface area contributed by atoms with Gasteiger partial charge < -0.3 is 14.3 Å². The molecule has 3 aromatic rings. The summed E-state index contributed by atoms with van der Waals surface area (Å²) < 4.78 is 32.4. The molecule has 0 atom stereocenters. The Balaban J connectivity index is 1.42. The zero-order chi connectivity index (χ0) is 21.3. The van der Waals surface area contributed by atoms with Crippen LogP contribution in [0, 0.1) is 25.5 Å². The number of aryl methyl sites for hydroxylation is 1. The maximum atomic E-state index is 14.1. The molecular formula is C21H21F2N5O2. The summed E-state index contributed by atoms with van der Waals surface area (Å²) in [6.45, 7) is 5.78. The topological polar surface area (TPSA) is 74.5 Å². The van der Waals surface area contributed by atoms with Crippen molar-refractivity contribution in [1.82, 2.24) is 15.0 Å². The van der Waals surface area contributed by atoms with Crippen LogP contribution in [0.15, 0.2) is 41.1 Å². The number of carbonyl (C=O) groups is 1. The van der Waals surface area contributed by atoms with Gasteiger partial charge in [-0.2, -0.15) is 0 Å². The first kappa shape index (κ1) is 19.8. The Morgan fingerprint density at radius 3 is 2.53 bits per heavy atom. The maximum Gasteiger partial charge on any atom is 0.324 e. The molecule has 0 radical (unpaired) electrons. The van der Waals surface area contributed by atoms with E-state index in [1.807, 2.05) is 18.7 Å². The quantitative estimate of drug-likeness (QED) is 0.703. The SMILES string of the molecule is Cc1noc(NC(=O)N2CCN(c3cc(-c4ccc(F)cc4F)ccn3)CC2)c1C. The Labute approximate surface area is 172 Å². The number of carbonyl (C=O) groups excluding carboxylic acids is 1. The molecule has 3 heterocycles. The number of pyridine rings is 1. The van der Waals surface area contributed by atoms with Gasteiger partial charge in [-0.3, -0.25) is 5.32 Å². The van der Waals surface area contributed by atoms with Crippen molar-refractivity contribution in [2.45, 2.75) is 13.8 Å². The van der Waals surface area contributed by atoms with Gasteiger partial charge in [-0.1, -0.05) is 5.16 Å². The van der Waals surface area contributed by atoms with Crippen molar-refractivity contribution in [2.75, 3.05) is 36.4 Å². The second-order valence-corrected chi connectivity index (χ2v) is 7.15. The minimum atomic E-state index is -0.619. The van der Waals surface area contributed by atoms with Crippen molar-refractivity contribution in [3.05, 3.63) is 59.4 Å². The van der Waals surface area contributed by atoms with Crippen LogP contribution in [-0.4, -0.2) is 47.3 Å². The molecule has 0 aliphatic carbocycles. The first-order valence-corrected chi connectivity index (χ1v) is 9.57. The lowest BCUT2D eigenvalue weighted by molar-refractivity contribution is 0.207. The van der Waals surface area contributed by atoms with E-state index in [0.717, 1.165) is 17.3 Å². The molecule has 0 spiro atoms. The summed E-state index contributed by atoms with van der Waals surface area (Å²) in [7, 11) is 0. The molecule has 0 bridgehead atoms. The number of hydrogen-bond acceptors (Lipinski definition) is 5. The fraction of sp³-hybridized carbons (Fsp3) is 0.286. The molecule has 7 nitrogen and oxygen atoms in total. The number of benzene rings is 1. The number of amides is 2. The summed E-state index contributed by atoms with van der Waals surface area (Å²) in [5.41, 5.74) is 2.47. The van der Waals surface area contributed by atoms with Crippen molar-refractivity contribution < 1.29 is 18.1 Å². The van der Waals surface area contributed by atoms with Gasteiger partial charge >= 0.3 is 6.03 Å². The van der Waals surface area contributed by atoms with Crippen LogP contribution in [0.5, 0.6) is 0 Å². The van der Waals surface area contributed by atoms with Crippen LogP contribution in [0.1, 0.15) is 11.3 Å². The molecular weight excluding hydrogens is 392 g/mol. The van der Waals surface area contributed by atoms with E-state index in [2.05, 4.69) is 15.5 Å². The van der Waals surface area contributed by atoms with Crippen LogP contribution >= 0.6 is 0 Å². The summed E-state index contributed by atoms with van der Waals surface area (Å²) in [6.07, 6.45) is 1.60. The van der Waals surface area contributed by atoms with Crippen molar-refractivity contribution in [1.29, 1.82) is 0 Å². The number of halogens is 2. The number of rotatable bonds is 3. The lowest BCUT2D eigenvalue weighted by Crippen LogP contribution is -2.50. The number of aromatic nitrogens is 2. The fourth-order valence-electron chi connectivity index (χ4n) is 3.33. The molecule has 9 heteroatoms. The summed E-state index contributed by atoms with van der Waals surface area (Å²) in [6, 6.07) is 6.72. The Hall–Kier alpha value is -3.49. The molecule has 4 rings (SSSR count). The Kier molecular flexibility index (Phi) is 5.35. The number of piperazine rings is 1. The van der Waals surface area contributed by atoms with E-state index in [-0.39, 0.29) is 6.03 Å². The number of nitrogens with one attached hydrogen (secondary N) is 1. The van der Waals surface area contributed by atoms with Crippen molar-refractivity contribution >= 4 is 17.7 Å². The summed E-state index contributed by atoms with van der Waals surface area (Å²) in [5.74, 6) is -0.198. The van der Waals surface area contributed by atoms with Gasteiger partial charge in [0.05, 0.1) is 5.69 Å². The van der Waals surface area contributed by atoms with Crippen LogP contribution in [0.2, 0.25) is 0 Å². The van der Waals surface area contributed by atoms with Crippen LogP contribution in [0.4, 0.5) is 25.3 Å². The minimum Gasteiger partial charge on any atom is -0.353 e. The van der Waals surface area contributed by atoms with Crippen molar-refractivity contribution in [3.63, 3.8) is 0 Å². The molecule has 2 aromatic heterocycles. The molecule has 1 aromatic carbocycles. The van der Waals surface area contributed by atoms with E-state index in [9.17, 15) is 13.6 Å². The Bertz CT molecular complexity index is 1080. The van der Waals surface area contributed by atoms with Gasteiger partial charge in [0.15, 0.2) is 0 Å². The molecule has 1 fully saturated rings. The van der Waals surface area contributed by atoms with Crippen molar-refractivity contribution in [2.24, 2.45) is 0 Å². The maximum absolute atomic E-state index is 14.1. The third-order valence-corrected chi connectivity index (χ3v) is 5.26. The highest BCUT2D eigenvalue weighted by Crippen LogP contribution is 2.26. The number of hydrogen-bond donors (Lipinski definition) is 1. The van der Waals surface area contributed by atoms with Crippen LogP contribution < -0.4 is 10.2 Å². The molecule has 0 unspecified atom stereocenters. The monoisotopic (exact) mass is 413 g/mol. The smallest absolute Gasteiger partial charge is 0.324 e. The van der Waals surface area contributed by atoms with Crippen LogP contribution in [0.25, 0.3) is 11.1 Å². The van der Waals surface area contributed by atoms with Gasteiger partial charge in [-0.15, -0.1) is 0 Å². The molecule has 2 amide bonds. The van der Waals surface area contributed by atoms with E-state index < -0.39 is 11.6 Å². The Morgan fingerprint density at radius 2 is 1.87 bits per heavy atom. The van der Waals surface area contributed by atoms with E-state index in [1.165, 1.54) is 12.1 Å². The summed E-state index contributed by atoms with van der Waals surface area (Å²) in [5, 5.41) is 6.59. The average Bonchev–Trinajstić information content (AvgIpc) is 3.06. The standard InChI is InChI=1S/C21H21F2N5O2/c1-13-14(2)26-30-20(13)25-21(29)28-9-7-27(8-10-28)19-11-15(5-6-24-19)17-4-3-16(22)12-18(17)23/h3-6,11-12H,7-10H2,1-2H3,(H,25,29). The van der Waals surface area contributed by atoms with Crippen LogP contribution in [-0.2, 0) is 0 Å². The number of anilines is 2. The first-order chi connectivity index (χ1) is 14.4. The van der Waals surface area contributed by atoms with E-state index in [0.29, 0.717) is 49.0 Å². The second-order valence-electron chi connectivity index (χ2n) is 7.15. The third-order valence-electron chi connectivity index (χ3n) is 5.26. The molecule has 0 saturated carbocycles. The molecule has 156 valence electrons. The van der Waals surface area contributed by atoms with Gasteiger partial charge in [0.1, 0.15) is 17.5 Å². The van der Waals surface area contributed by atoms with Gasteiger partial charge in [0.25, 0.3) is 0 Å². The summed E-state index contributed by atoms with van der Waals surface area (Å²) >= 11 is 0. The highest BCUT2D eigenvalue weighted by Gasteiger charge is 2.24. The van der Waals surface area contributed by atoms with Gasteiger partial charge in [0.2, 0.25) is 5.88 Å². The largest absolute Gasteiger partial charge is 0.353 e. The molecule has 1 aliphatic rings. The normalized spacial score (nSPS) is 14.1. The fourth-order valence-corrected chi connectivity index (χ4v) is 3.33. The lowest BCUT2D eigenvalue weighted by Gasteiger charge is -2.35. The minimum absolute atomic E-state index is 0.246. The number of urea groups is 1. The average molecular weight is 413 g/mol. The highest BCUT2D eigenvalue weighted by atomic mass is 19.1. The molecule has 1 N–H and O–H groups in total. The molecule has 1 saturated heterocycles. The highest BCUT2D eigenvalue weighted by molar-refractivity contribution is 5.88. The zero-order valence-corrected chi connectivity index (χ0v) is 16.7.